The van der Waals surface area contributed by atoms with Crippen molar-refractivity contribution in [3.8, 4) is 0 Å². The van der Waals surface area contributed by atoms with Gasteiger partial charge >= 0.3 is 10.5 Å². The number of benzene rings is 1. The number of nitrogens with two attached hydrogens (primary N) is 1. The molecule has 0 aliphatic carbocycles. The van der Waals surface area contributed by atoms with Crippen molar-refractivity contribution in [3.63, 3.8) is 0 Å². The van der Waals surface area contributed by atoms with Gasteiger partial charge in [-0.3, -0.25) is 0 Å². The van der Waals surface area contributed by atoms with Gasteiger partial charge in [0, 0.05) is 0 Å². The number of anilines is 1. The Bertz CT molecular complexity index is 444. The Hall–Kier alpha value is -1.36. The topological polar surface area (TPSA) is 72.5 Å². The van der Waals surface area contributed by atoms with Gasteiger partial charge in [0.2, 0.25) is 0 Å². The molecule has 0 fully saturated rings. The fourth-order valence-electron chi connectivity index (χ4n) is 1.19. The van der Waals surface area contributed by atoms with Crippen LogP contribution in [0, 0.1) is 0 Å². The molecule has 1 aromatic rings. The Labute approximate surface area is 84.5 Å². The monoisotopic (exact) mass is 212 g/mol. The highest BCUT2D eigenvalue weighted by Crippen LogP contribution is 2.23. The highest BCUT2D eigenvalue weighted by molar-refractivity contribution is 7.61. The van der Waals surface area contributed by atoms with E-state index in [1.54, 1.807) is 12.1 Å². The molecule has 0 aliphatic rings. The van der Waals surface area contributed by atoms with Crippen molar-refractivity contribution in [2.75, 3.05) is 5.73 Å². The van der Waals surface area contributed by atoms with Crippen LogP contribution >= 0.6 is 0 Å². The largest absolute Gasteiger partial charge is 0.397 e. The van der Waals surface area contributed by atoms with Gasteiger partial charge in [-0.05, 0) is 24.1 Å². The van der Waals surface area contributed by atoms with Crippen LogP contribution in [0.15, 0.2) is 22.6 Å². The van der Waals surface area contributed by atoms with Gasteiger partial charge in [-0.25, -0.2) is 0 Å². The first-order valence-corrected chi connectivity index (χ1v) is 5.36. The summed E-state index contributed by atoms with van der Waals surface area (Å²) in [4.78, 5) is 0. The first kappa shape index (κ1) is 10.7. The molecule has 0 heterocycles. The van der Waals surface area contributed by atoms with Gasteiger partial charge < -0.3 is 5.73 Å². The average molecular weight is 212 g/mol. The minimum atomic E-state index is -2.44. The van der Waals surface area contributed by atoms with Crippen LogP contribution in [0.4, 0.5) is 11.4 Å². The van der Waals surface area contributed by atoms with Gasteiger partial charge in [-0.15, -0.1) is 4.36 Å². The van der Waals surface area contributed by atoms with E-state index in [2.05, 4.69) is 11.3 Å². The van der Waals surface area contributed by atoms with E-state index in [9.17, 15) is 8.42 Å². The fourth-order valence-corrected chi connectivity index (χ4v) is 1.51. The smallest absolute Gasteiger partial charge is 0.316 e. The number of hydrogen-bond donors (Lipinski definition) is 1. The molecule has 0 saturated carbocycles. The molecule has 0 aliphatic heterocycles. The maximum Gasteiger partial charge on any atom is 0.316 e. The lowest BCUT2D eigenvalue weighted by Crippen LogP contribution is -1.88. The summed E-state index contributed by atoms with van der Waals surface area (Å²) < 4.78 is 24.1. The molecule has 1 rings (SSSR count). The van der Waals surface area contributed by atoms with Crippen molar-refractivity contribution in [1.82, 2.24) is 0 Å². The highest BCUT2D eigenvalue weighted by Gasteiger charge is 1.99. The summed E-state index contributed by atoms with van der Waals surface area (Å²) in [6.07, 6.45) is 1.90. The predicted molar refractivity (Wildman–Crippen MR) is 55.9 cm³/mol. The second-order valence-electron chi connectivity index (χ2n) is 2.95. The number of nitrogens with zero attached hydrogens (tertiary/aromatic N) is 1. The zero-order chi connectivity index (χ0) is 10.6. The quantitative estimate of drug-likeness (QED) is 0.778. The molecule has 14 heavy (non-hydrogen) atoms. The normalized spacial score (nSPS) is 9.79. The molecule has 2 N–H and O–H groups in total. The lowest BCUT2D eigenvalue weighted by atomic mass is 10.1. The van der Waals surface area contributed by atoms with Crippen LogP contribution in [-0.2, 0) is 16.9 Å². The number of hydrogen-bond acceptors (Lipinski definition) is 4. The van der Waals surface area contributed by atoms with Crippen molar-refractivity contribution in [2.24, 2.45) is 4.36 Å². The molecule has 1 aromatic carbocycles. The summed E-state index contributed by atoms with van der Waals surface area (Å²) in [6, 6.07) is 5.26. The maximum atomic E-state index is 10.4. The molecule has 0 radical (unpaired) electrons. The first-order chi connectivity index (χ1) is 6.63. The summed E-state index contributed by atoms with van der Waals surface area (Å²) in [7, 11) is -2.44. The minimum absolute atomic E-state index is 0.323. The maximum absolute atomic E-state index is 10.4. The summed E-state index contributed by atoms with van der Waals surface area (Å²) in [5, 5.41) is 0. The molecular formula is C9H12N2O2S. The molecule has 5 heteroatoms. The van der Waals surface area contributed by atoms with Crippen LogP contribution in [0.1, 0.15) is 18.9 Å². The Morgan fingerprint density at radius 1 is 1.43 bits per heavy atom. The summed E-state index contributed by atoms with van der Waals surface area (Å²) in [6.45, 7) is 2.05. The number of nitrogen functional groups attached to an aromatic ring is 1. The van der Waals surface area contributed by atoms with Gasteiger partial charge in [0.05, 0.1) is 5.69 Å². The SMILES string of the molecule is CCCc1ccc(N)c(N=S(=O)=O)c1. The summed E-state index contributed by atoms with van der Waals surface area (Å²) in [5.74, 6) is 0. The zero-order valence-corrected chi connectivity index (χ0v) is 8.71. The van der Waals surface area contributed by atoms with Crippen molar-refractivity contribution in [3.05, 3.63) is 23.8 Å². The highest BCUT2D eigenvalue weighted by atomic mass is 32.2. The molecule has 0 saturated heterocycles. The van der Waals surface area contributed by atoms with E-state index in [0.717, 1.165) is 18.4 Å². The van der Waals surface area contributed by atoms with Gasteiger partial charge in [0.25, 0.3) is 0 Å². The van der Waals surface area contributed by atoms with Crippen molar-refractivity contribution < 1.29 is 8.42 Å². The van der Waals surface area contributed by atoms with Crippen LogP contribution in [-0.4, -0.2) is 8.42 Å². The van der Waals surface area contributed by atoms with Crippen molar-refractivity contribution in [1.29, 1.82) is 0 Å². The summed E-state index contributed by atoms with van der Waals surface area (Å²) >= 11 is 0. The third-order valence-corrected chi connectivity index (χ3v) is 2.15. The Morgan fingerprint density at radius 3 is 2.71 bits per heavy atom. The van der Waals surface area contributed by atoms with Gasteiger partial charge in [-0.1, -0.05) is 19.4 Å². The van der Waals surface area contributed by atoms with Crippen molar-refractivity contribution >= 4 is 21.9 Å². The second kappa shape index (κ2) is 4.76. The Balaban J connectivity index is 3.14. The van der Waals surface area contributed by atoms with Gasteiger partial charge in [-0.2, -0.15) is 8.42 Å². The van der Waals surface area contributed by atoms with Crippen LogP contribution in [0.25, 0.3) is 0 Å². The average Bonchev–Trinajstić information content (AvgIpc) is 2.10. The van der Waals surface area contributed by atoms with E-state index in [1.165, 1.54) is 0 Å². The molecule has 0 spiro atoms. The molecule has 0 amide bonds. The fraction of sp³-hybridized carbons (Fsp3) is 0.333. The van der Waals surface area contributed by atoms with E-state index in [4.69, 9.17) is 5.73 Å². The molecule has 0 aromatic heterocycles. The van der Waals surface area contributed by atoms with Gasteiger partial charge in [0.1, 0.15) is 5.69 Å². The number of rotatable bonds is 3. The molecule has 0 bridgehead atoms. The van der Waals surface area contributed by atoms with Crippen LogP contribution < -0.4 is 5.73 Å². The van der Waals surface area contributed by atoms with Crippen molar-refractivity contribution in [2.45, 2.75) is 19.8 Å². The second-order valence-corrected chi connectivity index (χ2v) is 3.57. The Kier molecular flexibility index (Phi) is 3.64. The number of aryl methyl sites for hydroxylation is 1. The van der Waals surface area contributed by atoms with Gasteiger partial charge in [0.15, 0.2) is 0 Å². The third kappa shape index (κ3) is 2.85. The van der Waals surface area contributed by atoms with E-state index in [1.807, 2.05) is 6.07 Å². The predicted octanol–water partition coefficient (Wildman–Crippen LogP) is 1.92. The molecule has 0 unspecified atom stereocenters. The van der Waals surface area contributed by atoms with Crippen LogP contribution in [0.3, 0.4) is 0 Å². The molecule has 0 atom stereocenters. The standard InChI is InChI=1S/C9H12N2O2S/c1-2-3-7-4-5-8(10)9(6-7)11-14(12)13/h4-6H,2-3,10H2,1H3. The van der Waals surface area contributed by atoms with E-state index in [0.29, 0.717) is 11.4 Å². The van der Waals surface area contributed by atoms with E-state index < -0.39 is 10.5 Å². The van der Waals surface area contributed by atoms with E-state index >= 15 is 0 Å². The van der Waals surface area contributed by atoms with Crippen LogP contribution in [0.5, 0.6) is 0 Å². The summed E-state index contributed by atoms with van der Waals surface area (Å²) in [5.41, 5.74) is 7.32. The lowest BCUT2D eigenvalue weighted by Gasteiger charge is -2.01. The molecule has 4 nitrogen and oxygen atoms in total. The zero-order valence-electron chi connectivity index (χ0n) is 7.90. The third-order valence-electron chi connectivity index (χ3n) is 1.81. The minimum Gasteiger partial charge on any atom is -0.397 e. The molecule has 76 valence electrons. The first-order valence-electron chi connectivity index (χ1n) is 4.33. The Morgan fingerprint density at radius 2 is 2.14 bits per heavy atom. The molecular weight excluding hydrogens is 200 g/mol. The van der Waals surface area contributed by atoms with Crippen LogP contribution in [0.2, 0.25) is 0 Å². The van der Waals surface area contributed by atoms with E-state index in [-0.39, 0.29) is 0 Å². The lowest BCUT2D eigenvalue weighted by molar-refractivity contribution is 0.622.